The SMILES string of the molecule is CC(C)(C)OC(=O)N1CC([Si](C)(c2ccccc2)c2ccccc2)=C1c1cccc([N+](=O)[O-])c1. The molecule has 4 rings (SSSR count). The van der Waals surface area contributed by atoms with Crippen LogP contribution in [0.2, 0.25) is 6.55 Å². The van der Waals surface area contributed by atoms with E-state index in [1.54, 1.807) is 11.0 Å². The van der Waals surface area contributed by atoms with E-state index >= 15 is 0 Å². The summed E-state index contributed by atoms with van der Waals surface area (Å²) >= 11 is 0. The van der Waals surface area contributed by atoms with Crippen molar-refractivity contribution in [1.82, 2.24) is 4.90 Å². The highest BCUT2D eigenvalue weighted by Gasteiger charge is 2.47. The largest absolute Gasteiger partial charge is 0.443 e. The van der Waals surface area contributed by atoms with E-state index in [1.807, 2.05) is 63.2 Å². The Morgan fingerprint density at radius 3 is 2.00 bits per heavy atom. The number of hydrogen-bond donors (Lipinski definition) is 0. The predicted molar refractivity (Wildman–Crippen MR) is 137 cm³/mol. The molecule has 1 aliphatic heterocycles. The molecule has 0 aromatic heterocycles. The number of carbonyl (C=O) groups excluding carboxylic acids is 1. The predicted octanol–water partition coefficient (Wildman–Crippen LogP) is 4.99. The Morgan fingerprint density at radius 2 is 1.50 bits per heavy atom. The van der Waals surface area contributed by atoms with Crippen LogP contribution in [-0.4, -0.2) is 36.1 Å². The molecule has 174 valence electrons. The van der Waals surface area contributed by atoms with E-state index in [2.05, 4.69) is 30.8 Å². The van der Waals surface area contributed by atoms with Crippen LogP contribution in [-0.2, 0) is 4.74 Å². The summed E-state index contributed by atoms with van der Waals surface area (Å²) in [5, 5.41) is 15.1. The maximum absolute atomic E-state index is 13.1. The molecule has 0 saturated carbocycles. The highest BCUT2D eigenvalue weighted by molar-refractivity contribution is 7.07. The Bertz CT molecular complexity index is 1210. The van der Waals surface area contributed by atoms with Gasteiger partial charge in [0.15, 0.2) is 0 Å². The second-order valence-electron chi connectivity index (χ2n) is 9.56. The lowest BCUT2D eigenvalue weighted by Gasteiger charge is -2.45. The smallest absolute Gasteiger partial charge is 0.415 e. The van der Waals surface area contributed by atoms with Crippen molar-refractivity contribution in [1.29, 1.82) is 0 Å². The fraction of sp³-hybridized carbons (Fsp3) is 0.222. The van der Waals surface area contributed by atoms with Crippen LogP contribution in [0.3, 0.4) is 0 Å². The minimum Gasteiger partial charge on any atom is -0.443 e. The molecule has 7 heteroatoms. The molecule has 3 aromatic carbocycles. The lowest BCUT2D eigenvalue weighted by Crippen LogP contribution is -2.63. The van der Waals surface area contributed by atoms with Gasteiger partial charge in [-0.15, -0.1) is 0 Å². The van der Waals surface area contributed by atoms with E-state index in [0.29, 0.717) is 17.8 Å². The maximum Gasteiger partial charge on any atom is 0.415 e. The lowest BCUT2D eigenvalue weighted by molar-refractivity contribution is -0.384. The summed E-state index contributed by atoms with van der Waals surface area (Å²) in [4.78, 5) is 25.8. The van der Waals surface area contributed by atoms with Crippen LogP contribution < -0.4 is 10.4 Å². The molecule has 0 radical (unpaired) electrons. The third-order valence-electron chi connectivity index (χ3n) is 6.12. The van der Waals surface area contributed by atoms with Crippen LogP contribution in [0.15, 0.2) is 90.1 Å². The molecular formula is C27H28N2O4Si. The first-order valence-electron chi connectivity index (χ1n) is 11.2. The van der Waals surface area contributed by atoms with Gasteiger partial charge in [-0.2, -0.15) is 0 Å². The molecule has 0 N–H and O–H groups in total. The van der Waals surface area contributed by atoms with Crippen molar-refractivity contribution in [3.63, 3.8) is 0 Å². The van der Waals surface area contributed by atoms with Crippen molar-refractivity contribution >= 4 is 35.9 Å². The molecule has 6 nitrogen and oxygen atoms in total. The topological polar surface area (TPSA) is 72.7 Å². The van der Waals surface area contributed by atoms with Gasteiger partial charge in [0.05, 0.1) is 10.6 Å². The van der Waals surface area contributed by atoms with Crippen molar-refractivity contribution in [3.8, 4) is 0 Å². The quantitative estimate of drug-likeness (QED) is 0.298. The van der Waals surface area contributed by atoms with Crippen molar-refractivity contribution < 1.29 is 14.5 Å². The van der Waals surface area contributed by atoms with Crippen LogP contribution in [0.5, 0.6) is 0 Å². The number of hydrogen-bond acceptors (Lipinski definition) is 4. The van der Waals surface area contributed by atoms with Crippen molar-refractivity contribution in [2.75, 3.05) is 6.54 Å². The fourth-order valence-corrected chi connectivity index (χ4v) is 8.38. The molecular weight excluding hydrogens is 444 g/mol. The third-order valence-corrected chi connectivity index (χ3v) is 10.7. The number of amides is 1. The number of nitrogens with zero attached hydrogens (tertiary/aromatic N) is 2. The van der Waals surface area contributed by atoms with Crippen molar-refractivity contribution in [2.45, 2.75) is 32.9 Å². The van der Waals surface area contributed by atoms with Crippen LogP contribution in [0.25, 0.3) is 5.70 Å². The van der Waals surface area contributed by atoms with E-state index in [0.717, 1.165) is 5.20 Å². The summed E-state index contributed by atoms with van der Waals surface area (Å²) in [6.45, 7) is 8.18. The number of rotatable bonds is 5. The van der Waals surface area contributed by atoms with Crippen molar-refractivity contribution in [3.05, 3.63) is 106 Å². The number of nitro benzene ring substituents is 1. The molecule has 0 spiro atoms. The average molecular weight is 473 g/mol. The molecule has 3 aromatic rings. The third kappa shape index (κ3) is 4.39. The Morgan fingerprint density at radius 1 is 0.941 bits per heavy atom. The summed E-state index contributed by atoms with van der Waals surface area (Å²) in [6.07, 6.45) is -0.449. The Hall–Kier alpha value is -3.71. The first kappa shape index (κ1) is 23.4. The van der Waals surface area contributed by atoms with Gasteiger partial charge in [0.1, 0.15) is 13.7 Å². The molecule has 0 fully saturated rings. The summed E-state index contributed by atoms with van der Waals surface area (Å²) in [5.74, 6) is 0. The first-order chi connectivity index (χ1) is 16.1. The summed E-state index contributed by atoms with van der Waals surface area (Å²) in [5.41, 5.74) is 0.690. The molecule has 0 saturated heterocycles. The standard InChI is InChI=1S/C27H28N2O4Si/c1-27(2,3)33-26(30)28-19-24(25(28)20-12-11-13-21(18-20)29(31)32)34(4,22-14-7-5-8-15-22)23-16-9-6-10-17-23/h5-18H,19H2,1-4H3. The van der Waals surface area contributed by atoms with Gasteiger partial charge in [-0.1, -0.05) is 79.3 Å². The van der Waals surface area contributed by atoms with Gasteiger partial charge >= 0.3 is 6.09 Å². The van der Waals surface area contributed by atoms with Crippen LogP contribution in [0.4, 0.5) is 10.5 Å². The number of benzene rings is 3. The average Bonchev–Trinajstić information content (AvgIpc) is 2.78. The van der Waals surface area contributed by atoms with Gasteiger partial charge in [-0.05, 0) is 36.3 Å². The second-order valence-corrected chi connectivity index (χ2v) is 13.6. The second kappa shape index (κ2) is 8.91. The number of nitro groups is 1. The normalized spacial score (nSPS) is 13.9. The zero-order valence-electron chi connectivity index (χ0n) is 19.8. The lowest BCUT2D eigenvalue weighted by atomic mass is 10.0. The Labute approximate surface area is 200 Å². The maximum atomic E-state index is 13.1. The van der Waals surface area contributed by atoms with E-state index in [1.165, 1.54) is 22.5 Å². The van der Waals surface area contributed by atoms with E-state index in [9.17, 15) is 14.9 Å². The number of carbonyl (C=O) groups is 1. The van der Waals surface area contributed by atoms with Crippen LogP contribution in [0, 0.1) is 10.1 Å². The highest BCUT2D eigenvalue weighted by Crippen LogP contribution is 2.39. The number of ether oxygens (including phenoxy) is 1. The Balaban J connectivity index is 1.94. The van der Waals surface area contributed by atoms with Gasteiger partial charge in [0.2, 0.25) is 0 Å². The van der Waals surface area contributed by atoms with Crippen LogP contribution in [0.1, 0.15) is 26.3 Å². The monoisotopic (exact) mass is 472 g/mol. The molecule has 0 aliphatic carbocycles. The molecule has 0 unspecified atom stereocenters. The zero-order chi connectivity index (χ0) is 24.5. The van der Waals surface area contributed by atoms with Crippen molar-refractivity contribution in [2.24, 2.45) is 0 Å². The molecule has 34 heavy (non-hydrogen) atoms. The minimum absolute atomic E-state index is 0.0109. The van der Waals surface area contributed by atoms with Gasteiger partial charge in [-0.3, -0.25) is 15.0 Å². The summed E-state index contributed by atoms with van der Waals surface area (Å²) in [7, 11) is -2.49. The molecule has 1 amide bonds. The molecule has 0 atom stereocenters. The van der Waals surface area contributed by atoms with Gasteiger partial charge in [0.25, 0.3) is 5.69 Å². The molecule has 1 aliphatic rings. The molecule has 1 heterocycles. The van der Waals surface area contributed by atoms with E-state index in [4.69, 9.17) is 4.74 Å². The summed E-state index contributed by atoms with van der Waals surface area (Å²) in [6, 6.07) is 27.1. The number of non-ortho nitro benzene ring substituents is 1. The zero-order valence-corrected chi connectivity index (χ0v) is 20.8. The van der Waals surface area contributed by atoms with E-state index in [-0.39, 0.29) is 5.69 Å². The highest BCUT2D eigenvalue weighted by atomic mass is 28.3. The van der Waals surface area contributed by atoms with Crippen LogP contribution >= 0.6 is 0 Å². The van der Waals surface area contributed by atoms with Gasteiger partial charge in [-0.25, -0.2) is 4.79 Å². The van der Waals surface area contributed by atoms with Gasteiger partial charge in [0, 0.05) is 24.2 Å². The Kier molecular flexibility index (Phi) is 6.14. The van der Waals surface area contributed by atoms with E-state index < -0.39 is 24.7 Å². The summed E-state index contributed by atoms with van der Waals surface area (Å²) < 4.78 is 5.68. The van der Waals surface area contributed by atoms with Gasteiger partial charge < -0.3 is 4.74 Å². The first-order valence-corrected chi connectivity index (χ1v) is 13.7. The molecule has 0 bridgehead atoms. The fourth-order valence-electron chi connectivity index (χ4n) is 4.41. The minimum atomic E-state index is -2.49.